The lowest BCUT2D eigenvalue weighted by Crippen LogP contribution is -2.31. The predicted octanol–water partition coefficient (Wildman–Crippen LogP) is 1.12. The number of nitrogens with one attached hydrogen (secondary N) is 1. The topological polar surface area (TPSA) is 58.4 Å². The Balaban J connectivity index is 2.03. The summed E-state index contributed by atoms with van der Waals surface area (Å²) in [5.41, 5.74) is 1.98. The molecule has 1 heterocycles. The van der Waals surface area contributed by atoms with Gasteiger partial charge in [-0.05, 0) is 32.3 Å². The van der Waals surface area contributed by atoms with Crippen molar-refractivity contribution in [2.45, 2.75) is 0 Å². The molecule has 2 rings (SSSR count). The fourth-order valence-corrected chi connectivity index (χ4v) is 1.49. The van der Waals surface area contributed by atoms with Crippen LogP contribution < -0.4 is 5.32 Å². The molecule has 0 fully saturated rings. The molecule has 0 unspecified atom stereocenters. The first-order chi connectivity index (χ1) is 8.16. The molecular weight excluding hydrogens is 218 g/mol. The summed E-state index contributed by atoms with van der Waals surface area (Å²) < 4.78 is 5.15. The highest BCUT2D eigenvalue weighted by molar-refractivity contribution is 5.96. The Kier molecular flexibility index (Phi) is 3.39. The summed E-state index contributed by atoms with van der Waals surface area (Å²) >= 11 is 0. The molecule has 2 aromatic rings. The zero-order valence-electron chi connectivity index (χ0n) is 9.93. The average molecular weight is 233 g/mol. The minimum absolute atomic E-state index is 0.0925. The van der Waals surface area contributed by atoms with Gasteiger partial charge in [-0.25, -0.2) is 4.98 Å². The maximum atomic E-state index is 11.8. The monoisotopic (exact) mass is 233 g/mol. The Morgan fingerprint density at radius 1 is 1.47 bits per heavy atom. The first-order valence-corrected chi connectivity index (χ1v) is 5.43. The average Bonchev–Trinajstić information content (AvgIpc) is 2.75. The number of oxazole rings is 1. The van der Waals surface area contributed by atoms with E-state index in [1.165, 1.54) is 6.39 Å². The Labute approximate surface area is 99.4 Å². The molecule has 90 valence electrons. The molecular formula is C12H15N3O2. The number of rotatable bonds is 4. The number of hydrogen-bond acceptors (Lipinski definition) is 4. The quantitative estimate of drug-likeness (QED) is 0.859. The molecule has 0 aliphatic heterocycles. The van der Waals surface area contributed by atoms with Gasteiger partial charge >= 0.3 is 0 Å². The molecule has 0 bridgehead atoms. The molecule has 1 aromatic carbocycles. The van der Waals surface area contributed by atoms with Crippen LogP contribution in [-0.2, 0) is 0 Å². The van der Waals surface area contributed by atoms with Crippen LogP contribution in [0.1, 0.15) is 10.4 Å². The van der Waals surface area contributed by atoms with Crippen LogP contribution in [0.25, 0.3) is 11.1 Å². The summed E-state index contributed by atoms with van der Waals surface area (Å²) in [4.78, 5) is 17.8. The van der Waals surface area contributed by atoms with E-state index >= 15 is 0 Å². The normalized spacial score (nSPS) is 11.0. The van der Waals surface area contributed by atoms with Gasteiger partial charge < -0.3 is 14.6 Å². The van der Waals surface area contributed by atoms with E-state index in [9.17, 15) is 4.79 Å². The summed E-state index contributed by atoms with van der Waals surface area (Å²) in [6, 6.07) is 5.23. The van der Waals surface area contributed by atoms with Crippen LogP contribution in [0.2, 0.25) is 0 Å². The van der Waals surface area contributed by atoms with Gasteiger partial charge in [0.25, 0.3) is 5.91 Å². The van der Waals surface area contributed by atoms with E-state index in [1.54, 1.807) is 18.2 Å². The van der Waals surface area contributed by atoms with Crippen molar-refractivity contribution in [1.29, 1.82) is 0 Å². The standard InChI is InChI=1S/C12H15N3O2/c1-15(2)6-5-13-12(16)9-3-4-10-11(7-9)17-8-14-10/h3-4,7-8H,5-6H2,1-2H3,(H,13,16). The van der Waals surface area contributed by atoms with E-state index in [-0.39, 0.29) is 5.91 Å². The third-order valence-corrected chi connectivity index (χ3v) is 2.44. The minimum Gasteiger partial charge on any atom is -0.443 e. The summed E-state index contributed by atoms with van der Waals surface area (Å²) in [7, 11) is 3.93. The fraction of sp³-hybridized carbons (Fsp3) is 0.333. The first kappa shape index (κ1) is 11.6. The van der Waals surface area contributed by atoms with Crippen LogP contribution in [0, 0.1) is 0 Å². The van der Waals surface area contributed by atoms with Gasteiger partial charge in [0.2, 0.25) is 0 Å². The van der Waals surface area contributed by atoms with Crippen molar-refractivity contribution in [1.82, 2.24) is 15.2 Å². The van der Waals surface area contributed by atoms with Crippen molar-refractivity contribution in [2.75, 3.05) is 27.2 Å². The smallest absolute Gasteiger partial charge is 0.251 e. The van der Waals surface area contributed by atoms with Crippen LogP contribution in [0.4, 0.5) is 0 Å². The molecule has 0 radical (unpaired) electrons. The number of benzene rings is 1. The zero-order chi connectivity index (χ0) is 12.3. The Hall–Kier alpha value is -1.88. The predicted molar refractivity (Wildman–Crippen MR) is 64.9 cm³/mol. The van der Waals surface area contributed by atoms with E-state index < -0.39 is 0 Å². The second kappa shape index (κ2) is 4.97. The van der Waals surface area contributed by atoms with Crippen LogP contribution >= 0.6 is 0 Å². The second-order valence-corrected chi connectivity index (χ2v) is 4.09. The number of amides is 1. The van der Waals surface area contributed by atoms with E-state index in [2.05, 4.69) is 10.3 Å². The fourth-order valence-electron chi connectivity index (χ4n) is 1.49. The lowest BCUT2D eigenvalue weighted by atomic mass is 10.2. The Bertz CT molecular complexity index is 519. The minimum atomic E-state index is -0.0925. The SMILES string of the molecule is CN(C)CCNC(=O)c1ccc2ncoc2c1. The number of nitrogens with zero attached hydrogens (tertiary/aromatic N) is 2. The van der Waals surface area contributed by atoms with Crippen molar-refractivity contribution < 1.29 is 9.21 Å². The first-order valence-electron chi connectivity index (χ1n) is 5.43. The van der Waals surface area contributed by atoms with Crippen molar-refractivity contribution in [3.8, 4) is 0 Å². The lowest BCUT2D eigenvalue weighted by molar-refractivity contribution is 0.0951. The molecule has 5 nitrogen and oxygen atoms in total. The zero-order valence-corrected chi connectivity index (χ0v) is 9.93. The number of hydrogen-bond donors (Lipinski definition) is 1. The third kappa shape index (κ3) is 2.82. The molecule has 1 N–H and O–H groups in total. The van der Waals surface area contributed by atoms with Gasteiger partial charge in [0.05, 0.1) is 0 Å². The third-order valence-electron chi connectivity index (χ3n) is 2.44. The van der Waals surface area contributed by atoms with E-state index in [0.29, 0.717) is 17.7 Å². The van der Waals surface area contributed by atoms with Crippen LogP contribution in [0.5, 0.6) is 0 Å². The number of likely N-dealkylation sites (N-methyl/N-ethyl adjacent to an activating group) is 1. The summed E-state index contributed by atoms with van der Waals surface area (Å²) in [5, 5.41) is 2.84. The molecule has 0 saturated heterocycles. The highest BCUT2D eigenvalue weighted by atomic mass is 16.3. The largest absolute Gasteiger partial charge is 0.443 e. The van der Waals surface area contributed by atoms with Gasteiger partial charge in [-0.1, -0.05) is 0 Å². The van der Waals surface area contributed by atoms with Gasteiger partial charge in [-0.2, -0.15) is 0 Å². The molecule has 0 spiro atoms. The van der Waals surface area contributed by atoms with Crippen molar-refractivity contribution >= 4 is 17.0 Å². The van der Waals surface area contributed by atoms with Crippen LogP contribution in [0.3, 0.4) is 0 Å². The van der Waals surface area contributed by atoms with Gasteiger partial charge in [0.15, 0.2) is 12.0 Å². The van der Waals surface area contributed by atoms with E-state index in [4.69, 9.17) is 4.42 Å². The molecule has 1 aromatic heterocycles. The highest BCUT2D eigenvalue weighted by Crippen LogP contribution is 2.13. The van der Waals surface area contributed by atoms with E-state index in [0.717, 1.165) is 12.1 Å². The lowest BCUT2D eigenvalue weighted by Gasteiger charge is -2.10. The van der Waals surface area contributed by atoms with Crippen LogP contribution in [-0.4, -0.2) is 43.0 Å². The van der Waals surface area contributed by atoms with Crippen molar-refractivity contribution in [3.63, 3.8) is 0 Å². The summed E-state index contributed by atoms with van der Waals surface area (Å²) in [5.74, 6) is -0.0925. The van der Waals surface area contributed by atoms with Gasteiger partial charge in [-0.15, -0.1) is 0 Å². The summed E-state index contributed by atoms with van der Waals surface area (Å²) in [6.07, 6.45) is 1.37. The molecule has 17 heavy (non-hydrogen) atoms. The van der Waals surface area contributed by atoms with E-state index in [1.807, 2.05) is 19.0 Å². The maximum absolute atomic E-state index is 11.8. The van der Waals surface area contributed by atoms with Gasteiger partial charge in [-0.3, -0.25) is 4.79 Å². The molecule has 1 amide bonds. The van der Waals surface area contributed by atoms with Crippen LogP contribution in [0.15, 0.2) is 29.0 Å². The number of fused-ring (bicyclic) bond motifs is 1. The highest BCUT2D eigenvalue weighted by Gasteiger charge is 2.07. The number of carbonyl (C=O) groups excluding carboxylic acids is 1. The molecule has 5 heteroatoms. The maximum Gasteiger partial charge on any atom is 0.251 e. The van der Waals surface area contributed by atoms with Gasteiger partial charge in [0.1, 0.15) is 5.52 Å². The molecule has 0 aliphatic carbocycles. The summed E-state index contributed by atoms with van der Waals surface area (Å²) in [6.45, 7) is 1.44. The number of aromatic nitrogens is 1. The second-order valence-electron chi connectivity index (χ2n) is 4.09. The van der Waals surface area contributed by atoms with Crippen molar-refractivity contribution in [2.24, 2.45) is 0 Å². The molecule has 0 aliphatic rings. The molecule has 0 atom stereocenters. The Morgan fingerprint density at radius 3 is 3.06 bits per heavy atom. The van der Waals surface area contributed by atoms with Crippen molar-refractivity contribution in [3.05, 3.63) is 30.2 Å². The molecule has 0 saturated carbocycles. The Morgan fingerprint density at radius 2 is 2.29 bits per heavy atom. The number of carbonyl (C=O) groups is 1. The van der Waals surface area contributed by atoms with Gasteiger partial charge in [0, 0.05) is 18.7 Å².